The second-order valence-electron chi connectivity index (χ2n) is 4.64. The predicted molar refractivity (Wildman–Crippen MR) is 62.8 cm³/mol. The zero-order chi connectivity index (χ0) is 11.0. The van der Waals surface area contributed by atoms with Crippen molar-refractivity contribution >= 4 is 11.6 Å². The highest BCUT2D eigenvalue weighted by atomic mass is 16.2. The Morgan fingerprint density at radius 1 is 1.12 bits per heavy atom. The molecule has 0 spiro atoms. The van der Waals surface area contributed by atoms with Crippen molar-refractivity contribution in [2.24, 2.45) is 5.92 Å². The Kier molecular flexibility index (Phi) is 2.40. The Labute approximate surface area is 95.4 Å². The largest absolute Gasteiger partial charge is 0.273 e. The van der Waals surface area contributed by atoms with E-state index in [1.807, 2.05) is 30.3 Å². The van der Waals surface area contributed by atoms with Gasteiger partial charge in [-0.3, -0.25) is 4.79 Å². The third-order valence-corrected chi connectivity index (χ3v) is 3.61. The monoisotopic (exact) mass is 216 g/mol. The van der Waals surface area contributed by atoms with Crippen LogP contribution in [0.2, 0.25) is 0 Å². The summed E-state index contributed by atoms with van der Waals surface area (Å²) in [6, 6.07) is 10.2. The molecular formula is C13H16N2O. The number of benzene rings is 1. The minimum absolute atomic E-state index is 0.203. The van der Waals surface area contributed by atoms with Gasteiger partial charge in [-0.1, -0.05) is 31.0 Å². The van der Waals surface area contributed by atoms with Crippen LogP contribution < -0.4 is 10.4 Å². The highest BCUT2D eigenvalue weighted by molar-refractivity contribution is 5.96. The molecular weight excluding hydrogens is 200 g/mol. The van der Waals surface area contributed by atoms with E-state index in [-0.39, 0.29) is 11.8 Å². The molecule has 0 radical (unpaired) electrons. The van der Waals surface area contributed by atoms with E-state index in [4.69, 9.17) is 0 Å². The highest BCUT2D eigenvalue weighted by Crippen LogP contribution is 2.32. The number of amides is 1. The van der Waals surface area contributed by atoms with Gasteiger partial charge >= 0.3 is 0 Å². The van der Waals surface area contributed by atoms with Crippen molar-refractivity contribution in [1.29, 1.82) is 0 Å². The van der Waals surface area contributed by atoms with Crippen molar-refractivity contribution in [3.05, 3.63) is 30.3 Å². The molecule has 2 atom stereocenters. The van der Waals surface area contributed by atoms with E-state index >= 15 is 0 Å². The summed E-state index contributed by atoms with van der Waals surface area (Å²) in [5, 5.41) is 1.74. The molecule has 1 heterocycles. The van der Waals surface area contributed by atoms with Crippen LogP contribution in [0.25, 0.3) is 0 Å². The van der Waals surface area contributed by atoms with Gasteiger partial charge in [0, 0.05) is 6.04 Å². The summed E-state index contributed by atoms with van der Waals surface area (Å²) >= 11 is 0. The standard InChI is InChI=1S/C13H16N2O/c16-13-11-8-4-5-9-12(11)14-15(13)10-6-2-1-3-7-10/h1-3,6-7,11-12,14H,4-5,8-9H2. The lowest BCUT2D eigenvalue weighted by Crippen LogP contribution is -2.37. The summed E-state index contributed by atoms with van der Waals surface area (Å²) in [4.78, 5) is 12.2. The van der Waals surface area contributed by atoms with Gasteiger partial charge in [0.2, 0.25) is 5.91 Å². The molecule has 2 unspecified atom stereocenters. The van der Waals surface area contributed by atoms with Gasteiger partial charge in [0.05, 0.1) is 11.6 Å². The molecule has 1 saturated carbocycles. The number of carbonyl (C=O) groups is 1. The third-order valence-electron chi connectivity index (χ3n) is 3.61. The number of fused-ring (bicyclic) bond motifs is 1. The first-order valence-corrected chi connectivity index (χ1v) is 6.01. The number of carbonyl (C=O) groups excluding carboxylic acids is 1. The zero-order valence-corrected chi connectivity index (χ0v) is 9.23. The zero-order valence-electron chi connectivity index (χ0n) is 9.23. The minimum Gasteiger partial charge on any atom is -0.273 e. The van der Waals surface area contributed by atoms with Crippen molar-refractivity contribution in [3.8, 4) is 0 Å². The van der Waals surface area contributed by atoms with Crippen LogP contribution in [0.3, 0.4) is 0 Å². The Hall–Kier alpha value is -1.35. The van der Waals surface area contributed by atoms with Crippen LogP contribution in [-0.2, 0) is 4.79 Å². The van der Waals surface area contributed by atoms with Crippen LogP contribution >= 0.6 is 0 Å². The maximum atomic E-state index is 12.2. The Balaban J connectivity index is 1.86. The normalized spacial score (nSPS) is 29.2. The molecule has 1 amide bonds. The number of para-hydroxylation sites is 1. The van der Waals surface area contributed by atoms with E-state index in [9.17, 15) is 4.79 Å². The van der Waals surface area contributed by atoms with Crippen LogP contribution in [0.5, 0.6) is 0 Å². The Morgan fingerprint density at radius 3 is 2.62 bits per heavy atom. The summed E-state index contributed by atoms with van der Waals surface area (Å²) < 4.78 is 0. The number of hydrogen-bond acceptors (Lipinski definition) is 2. The number of nitrogens with zero attached hydrogens (tertiary/aromatic N) is 1. The summed E-state index contributed by atoms with van der Waals surface area (Å²) in [6.45, 7) is 0. The molecule has 1 N–H and O–H groups in total. The predicted octanol–water partition coefficient (Wildman–Crippen LogP) is 2.10. The summed E-state index contributed by atoms with van der Waals surface area (Å²) in [6.07, 6.45) is 4.60. The number of anilines is 1. The summed E-state index contributed by atoms with van der Waals surface area (Å²) in [5.41, 5.74) is 4.30. The number of rotatable bonds is 1. The minimum atomic E-state index is 0.203. The van der Waals surface area contributed by atoms with E-state index in [1.54, 1.807) is 5.01 Å². The molecule has 84 valence electrons. The molecule has 0 bridgehead atoms. The van der Waals surface area contributed by atoms with Gasteiger partial charge < -0.3 is 0 Å². The first kappa shape index (κ1) is 9.85. The van der Waals surface area contributed by atoms with Gasteiger partial charge in [0.25, 0.3) is 0 Å². The number of hydrogen-bond donors (Lipinski definition) is 1. The van der Waals surface area contributed by atoms with E-state index in [2.05, 4.69) is 5.43 Å². The van der Waals surface area contributed by atoms with Gasteiger partial charge in [-0.25, -0.2) is 10.4 Å². The van der Waals surface area contributed by atoms with Crippen molar-refractivity contribution < 1.29 is 4.79 Å². The Morgan fingerprint density at radius 2 is 1.88 bits per heavy atom. The van der Waals surface area contributed by atoms with Crippen LogP contribution in [0.1, 0.15) is 25.7 Å². The number of nitrogens with one attached hydrogen (secondary N) is 1. The maximum absolute atomic E-state index is 12.2. The molecule has 2 fully saturated rings. The summed E-state index contributed by atoms with van der Waals surface area (Å²) in [7, 11) is 0. The van der Waals surface area contributed by atoms with Crippen molar-refractivity contribution in [1.82, 2.24) is 5.43 Å². The topological polar surface area (TPSA) is 32.3 Å². The molecule has 1 aliphatic heterocycles. The molecule has 16 heavy (non-hydrogen) atoms. The van der Waals surface area contributed by atoms with Crippen LogP contribution in [0.15, 0.2) is 30.3 Å². The molecule has 2 aliphatic rings. The maximum Gasteiger partial charge on any atom is 0.246 e. The SMILES string of the molecule is O=C1C2CCCCC2NN1c1ccccc1. The van der Waals surface area contributed by atoms with Crippen molar-refractivity contribution in [2.75, 3.05) is 5.01 Å². The van der Waals surface area contributed by atoms with Gasteiger partial charge in [0.1, 0.15) is 0 Å². The van der Waals surface area contributed by atoms with E-state index in [1.165, 1.54) is 12.8 Å². The number of hydrazine groups is 1. The lowest BCUT2D eigenvalue weighted by atomic mass is 9.86. The first-order valence-electron chi connectivity index (χ1n) is 6.01. The second kappa shape index (κ2) is 3.91. The van der Waals surface area contributed by atoms with Gasteiger partial charge in [-0.2, -0.15) is 0 Å². The van der Waals surface area contributed by atoms with Crippen LogP contribution in [-0.4, -0.2) is 11.9 Å². The van der Waals surface area contributed by atoms with Crippen molar-refractivity contribution in [2.45, 2.75) is 31.7 Å². The molecule has 3 nitrogen and oxygen atoms in total. The highest BCUT2D eigenvalue weighted by Gasteiger charge is 2.41. The quantitative estimate of drug-likeness (QED) is 0.779. The van der Waals surface area contributed by atoms with E-state index in [0.29, 0.717) is 6.04 Å². The van der Waals surface area contributed by atoms with Crippen LogP contribution in [0, 0.1) is 5.92 Å². The second-order valence-corrected chi connectivity index (χ2v) is 4.64. The third kappa shape index (κ3) is 1.52. The fourth-order valence-electron chi connectivity index (χ4n) is 2.76. The van der Waals surface area contributed by atoms with Gasteiger partial charge in [-0.15, -0.1) is 0 Å². The average Bonchev–Trinajstić information content (AvgIpc) is 2.69. The molecule has 1 aromatic rings. The average molecular weight is 216 g/mol. The molecule has 3 heteroatoms. The molecule has 1 aromatic carbocycles. The molecule has 3 rings (SSSR count). The molecule has 1 aliphatic carbocycles. The Bertz CT molecular complexity index is 390. The van der Waals surface area contributed by atoms with Gasteiger partial charge in [0.15, 0.2) is 0 Å². The van der Waals surface area contributed by atoms with Gasteiger partial charge in [-0.05, 0) is 25.0 Å². The lowest BCUT2D eigenvalue weighted by Gasteiger charge is -2.21. The molecule has 0 aromatic heterocycles. The first-order chi connectivity index (χ1) is 7.86. The fraction of sp³-hybridized carbons (Fsp3) is 0.462. The fourth-order valence-corrected chi connectivity index (χ4v) is 2.76. The van der Waals surface area contributed by atoms with E-state index < -0.39 is 0 Å². The van der Waals surface area contributed by atoms with Crippen LogP contribution in [0.4, 0.5) is 5.69 Å². The lowest BCUT2D eigenvalue weighted by molar-refractivity contribution is -0.121. The van der Waals surface area contributed by atoms with Crippen molar-refractivity contribution in [3.63, 3.8) is 0 Å². The smallest absolute Gasteiger partial charge is 0.246 e. The van der Waals surface area contributed by atoms with E-state index in [0.717, 1.165) is 18.5 Å². The molecule has 1 saturated heterocycles. The summed E-state index contributed by atoms with van der Waals surface area (Å²) in [5.74, 6) is 0.449.